The minimum atomic E-state index is -0.215. The van der Waals surface area contributed by atoms with E-state index in [9.17, 15) is 9.59 Å². The molecule has 0 spiro atoms. The first-order valence-electron chi connectivity index (χ1n) is 7.49. The van der Waals surface area contributed by atoms with E-state index >= 15 is 0 Å². The highest BCUT2D eigenvalue weighted by atomic mass is 32.1. The van der Waals surface area contributed by atoms with Crippen LogP contribution < -0.4 is 10.9 Å². The topological polar surface area (TPSA) is 74.8 Å². The summed E-state index contributed by atoms with van der Waals surface area (Å²) in [4.78, 5) is 33.2. The lowest BCUT2D eigenvalue weighted by molar-refractivity contribution is 0.103. The second-order valence-corrected chi connectivity index (χ2v) is 6.32. The maximum atomic E-state index is 12.5. The zero-order chi connectivity index (χ0) is 16.4. The smallest absolute Gasteiger partial charge is 0.266 e. The molecule has 0 saturated carbocycles. The number of aryl methyl sites for hydroxylation is 2. The molecular formula is C17H17N3O2S. The van der Waals surface area contributed by atoms with Gasteiger partial charge < -0.3 is 10.3 Å². The van der Waals surface area contributed by atoms with Crippen LogP contribution in [-0.2, 0) is 6.42 Å². The predicted octanol–water partition coefficient (Wildman–Crippen LogP) is 3.50. The highest BCUT2D eigenvalue weighted by molar-refractivity contribution is 7.20. The molecule has 0 atom stereocenters. The van der Waals surface area contributed by atoms with Gasteiger partial charge in [-0.25, -0.2) is 4.98 Å². The molecule has 0 aliphatic heterocycles. The molecule has 0 unspecified atom stereocenters. The van der Waals surface area contributed by atoms with Gasteiger partial charge in [-0.2, -0.15) is 0 Å². The molecule has 0 aliphatic carbocycles. The molecule has 6 heteroatoms. The summed E-state index contributed by atoms with van der Waals surface area (Å²) >= 11 is 1.26. The van der Waals surface area contributed by atoms with Gasteiger partial charge >= 0.3 is 0 Å². The molecule has 3 rings (SSSR count). The normalized spacial score (nSPS) is 10.9. The molecule has 1 amide bonds. The number of amides is 1. The Bertz CT molecular complexity index is 913. The predicted molar refractivity (Wildman–Crippen MR) is 93.4 cm³/mol. The summed E-state index contributed by atoms with van der Waals surface area (Å²) in [6.07, 6.45) is 1.62. The Morgan fingerprint density at radius 3 is 2.74 bits per heavy atom. The molecule has 1 aromatic carbocycles. The molecule has 23 heavy (non-hydrogen) atoms. The van der Waals surface area contributed by atoms with Crippen LogP contribution in [0.5, 0.6) is 0 Å². The number of aromatic amines is 1. The minimum Gasteiger partial charge on any atom is -0.321 e. The van der Waals surface area contributed by atoms with E-state index in [2.05, 4.69) is 15.3 Å². The average Bonchev–Trinajstić information content (AvgIpc) is 2.86. The van der Waals surface area contributed by atoms with Crippen LogP contribution in [0.1, 0.15) is 34.4 Å². The number of nitrogens with one attached hydrogen (secondary N) is 2. The fourth-order valence-corrected chi connectivity index (χ4v) is 3.57. The van der Waals surface area contributed by atoms with Gasteiger partial charge in [0.2, 0.25) is 0 Å². The van der Waals surface area contributed by atoms with Gasteiger partial charge in [-0.1, -0.05) is 25.1 Å². The van der Waals surface area contributed by atoms with Crippen molar-refractivity contribution in [2.45, 2.75) is 26.7 Å². The molecule has 2 aromatic heterocycles. The third kappa shape index (κ3) is 3.03. The van der Waals surface area contributed by atoms with Crippen molar-refractivity contribution in [1.29, 1.82) is 0 Å². The van der Waals surface area contributed by atoms with Crippen LogP contribution >= 0.6 is 11.3 Å². The highest BCUT2D eigenvalue weighted by Crippen LogP contribution is 2.27. The van der Waals surface area contributed by atoms with Gasteiger partial charge in [0.25, 0.3) is 11.5 Å². The van der Waals surface area contributed by atoms with E-state index < -0.39 is 0 Å². The van der Waals surface area contributed by atoms with Crippen LogP contribution in [-0.4, -0.2) is 15.9 Å². The van der Waals surface area contributed by atoms with Crippen molar-refractivity contribution in [1.82, 2.24) is 9.97 Å². The Hall–Kier alpha value is -2.47. The van der Waals surface area contributed by atoms with Crippen molar-refractivity contribution >= 4 is 33.1 Å². The van der Waals surface area contributed by atoms with Gasteiger partial charge in [0.1, 0.15) is 10.7 Å². The molecule has 0 bridgehead atoms. The first-order valence-corrected chi connectivity index (χ1v) is 8.30. The SMILES string of the molecule is CCCc1nc2sc(C(=O)Nc3ccccc3)c(C)c2c(=O)[nH]1. The van der Waals surface area contributed by atoms with Gasteiger partial charge in [0.05, 0.1) is 10.3 Å². The monoisotopic (exact) mass is 327 g/mol. The number of rotatable bonds is 4. The summed E-state index contributed by atoms with van der Waals surface area (Å²) in [6.45, 7) is 3.82. The number of hydrogen-bond donors (Lipinski definition) is 2. The lowest BCUT2D eigenvalue weighted by Gasteiger charge is -2.03. The maximum absolute atomic E-state index is 12.5. The van der Waals surface area contributed by atoms with Crippen LogP contribution in [0.2, 0.25) is 0 Å². The molecule has 0 saturated heterocycles. The Morgan fingerprint density at radius 2 is 2.04 bits per heavy atom. The summed E-state index contributed by atoms with van der Waals surface area (Å²) < 4.78 is 0. The largest absolute Gasteiger partial charge is 0.321 e. The fraction of sp³-hybridized carbons (Fsp3) is 0.235. The highest BCUT2D eigenvalue weighted by Gasteiger charge is 2.19. The number of fused-ring (bicyclic) bond motifs is 1. The number of aromatic nitrogens is 2. The fourth-order valence-electron chi connectivity index (χ4n) is 2.47. The number of para-hydroxylation sites is 1. The molecule has 0 radical (unpaired) electrons. The Morgan fingerprint density at radius 1 is 1.30 bits per heavy atom. The van der Waals surface area contributed by atoms with Crippen molar-refractivity contribution in [3.05, 3.63) is 57.0 Å². The van der Waals surface area contributed by atoms with E-state index in [1.807, 2.05) is 37.3 Å². The van der Waals surface area contributed by atoms with E-state index in [4.69, 9.17) is 0 Å². The van der Waals surface area contributed by atoms with E-state index in [1.165, 1.54) is 11.3 Å². The zero-order valence-corrected chi connectivity index (χ0v) is 13.8. The number of carbonyl (C=O) groups excluding carboxylic acids is 1. The number of thiophene rings is 1. The van der Waals surface area contributed by atoms with Crippen molar-refractivity contribution in [2.75, 3.05) is 5.32 Å². The second kappa shape index (κ2) is 6.34. The van der Waals surface area contributed by atoms with Crippen molar-refractivity contribution in [2.24, 2.45) is 0 Å². The minimum absolute atomic E-state index is 0.175. The van der Waals surface area contributed by atoms with Gasteiger partial charge in [-0.15, -0.1) is 11.3 Å². The van der Waals surface area contributed by atoms with E-state index in [0.29, 0.717) is 32.9 Å². The third-order valence-corrected chi connectivity index (χ3v) is 4.76. The lowest BCUT2D eigenvalue weighted by Crippen LogP contribution is -2.13. The average molecular weight is 327 g/mol. The molecule has 2 N–H and O–H groups in total. The van der Waals surface area contributed by atoms with Crippen LogP contribution in [0.3, 0.4) is 0 Å². The van der Waals surface area contributed by atoms with Gasteiger partial charge in [-0.05, 0) is 31.0 Å². The standard InChI is InChI=1S/C17H17N3O2S/c1-3-7-12-19-15(21)13-10(2)14(23-17(13)20-12)16(22)18-11-8-5-4-6-9-11/h4-6,8-9H,3,7H2,1-2H3,(H,18,22)(H,19,20,21). The lowest BCUT2D eigenvalue weighted by atomic mass is 10.2. The summed E-state index contributed by atoms with van der Waals surface area (Å²) in [6, 6.07) is 9.25. The first kappa shape index (κ1) is 15.4. The molecule has 0 fully saturated rings. The number of anilines is 1. The quantitative estimate of drug-likeness (QED) is 0.770. The molecule has 0 aliphatic rings. The number of carbonyl (C=O) groups is 1. The molecule has 118 valence electrons. The van der Waals surface area contributed by atoms with Crippen LogP contribution in [0.4, 0.5) is 5.69 Å². The Kier molecular flexibility index (Phi) is 4.25. The van der Waals surface area contributed by atoms with E-state index in [0.717, 1.165) is 12.1 Å². The third-order valence-electron chi connectivity index (χ3n) is 3.57. The van der Waals surface area contributed by atoms with Crippen LogP contribution in [0.25, 0.3) is 10.2 Å². The van der Waals surface area contributed by atoms with Gasteiger partial charge in [0, 0.05) is 12.1 Å². The number of benzene rings is 1. The van der Waals surface area contributed by atoms with Crippen molar-refractivity contribution in [3.8, 4) is 0 Å². The zero-order valence-electron chi connectivity index (χ0n) is 13.0. The number of H-pyrrole nitrogens is 1. The van der Waals surface area contributed by atoms with Crippen molar-refractivity contribution in [3.63, 3.8) is 0 Å². The Balaban J connectivity index is 2.01. The summed E-state index contributed by atoms with van der Waals surface area (Å²) in [7, 11) is 0. The number of nitrogens with zero attached hydrogens (tertiary/aromatic N) is 1. The molecule has 2 heterocycles. The molecular weight excluding hydrogens is 310 g/mol. The first-order chi connectivity index (χ1) is 11.1. The van der Waals surface area contributed by atoms with Crippen LogP contribution in [0, 0.1) is 6.92 Å². The van der Waals surface area contributed by atoms with Crippen LogP contribution in [0.15, 0.2) is 35.1 Å². The van der Waals surface area contributed by atoms with E-state index in [1.54, 1.807) is 6.92 Å². The number of hydrogen-bond acceptors (Lipinski definition) is 4. The molecule has 3 aromatic rings. The van der Waals surface area contributed by atoms with Crippen molar-refractivity contribution < 1.29 is 4.79 Å². The van der Waals surface area contributed by atoms with Gasteiger partial charge in [0.15, 0.2) is 0 Å². The second-order valence-electron chi connectivity index (χ2n) is 5.32. The van der Waals surface area contributed by atoms with E-state index in [-0.39, 0.29) is 11.5 Å². The maximum Gasteiger partial charge on any atom is 0.266 e. The Labute approximate surface area is 137 Å². The summed E-state index contributed by atoms with van der Waals surface area (Å²) in [5.74, 6) is 0.453. The summed E-state index contributed by atoms with van der Waals surface area (Å²) in [5.41, 5.74) is 1.23. The molecule has 5 nitrogen and oxygen atoms in total. The summed E-state index contributed by atoms with van der Waals surface area (Å²) in [5, 5.41) is 3.36. The van der Waals surface area contributed by atoms with Gasteiger partial charge in [-0.3, -0.25) is 9.59 Å².